The maximum Gasteiger partial charge on any atom is 0.221 e. The van der Waals surface area contributed by atoms with Crippen molar-refractivity contribution in [3.05, 3.63) is 60.6 Å². The van der Waals surface area contributed by atoms with E-state index in [0.29, 0.717) is 26.3 Å². The Bertz CT molecular complexity index is 848. The molecule has 1 aliphatic rings. The van der Waals surface area contributed by atoms with Crippen molar-refractivity contribution in [1.82, 2.24) is 15.2 Å². The summed E-state index contributed by atoms with van der Waals surface area (Å²) in [5.41, 5.74) is 5.41. The third-order valence-electron chi connectivity index (χ3n) is 4.07. The monoisotopic (exact) mass is 389 g/mol. The molecule has 3 rings (SSSR count). The van der Waals surface area contributed by atoms with Crippen LogP contribution >= 0.6 is 0 Å². The highest BCUT2D eigenvalue weighted by molar-refractivity contribution is 5.76. The van der Waals surface area contributed by atoms with Gasteiger partial charge in [-0.2, -0.15) is 4.39 Å². The second kappa shape index (κ2) is 9.14. The molecule has 1 aliphatic heterocycles. The summed E-state index contributed by atoms with van der Waals surface area (Å²) < 4.78 is 34.3. The first-order valence-corrected chi connectivity index (χ1v) is 8.81. The number of carbonyl (C=O) groups is 1. The number of halogens is 2. The topological polar surface area (TPSA) is 83.7 Å². The number of nitrogens with zero attached hydrogens (tertiary/aromatic N) is 3. The van der Waals surface area contributed by atoms with Gasteiger partial charge in [0, 0.05) is 50.7 Å². The molecule has 0 fully saturated rings. The van der Waals surface area contributed by atoms with Crippen molar-refractivity contribution in [2.45, 2.75) is 6.42 Å². The third kappa shape index (κ3) is 4.74. The van der Waals surface area contributed by atoms with Crippen LogP contribution in [-0.2, 0) is 4.79 Å². The summed E-state index contributed by atoms with van der Waals surface area (Å²) in [6, 6.07) is 7.76. The molecule has 28 heavy (non-hydrogen) atoms. The molecule has 1 amide bonds. The number of hydrogen-bond donors (Lipinski definition) is 2. The molecule has 2 aromatic rings. The van der Waals surface area contributed by atoms with Gasteiger partial charge in [0.25, 0.3) is 0 Å². The van der Waals surface area contributed by atoms with Crippen molar-refractivity contribution >= 4 is 11.6 Å². The summed E-state index contributed by atoms with van der Waals surface area (Å²) in [7, 11) is 0. The Balaban J connectivity index is 1.59. The smallest absolute Gasteiger partial charge is 0.221 e. The molecular weight excluding hydrogens is 368 g/mol. The molecule has 0 spiro atoms. The molecular formula is C19H21F2N5O2. The summed E-state index contributed by atoms with van der Waals surface area (Å²) >= 11 is 0. The van der Waals surface area contributed by atoms with Gasteiger partial charge in [0.2, 0.25) is 17.6 Å². The molecule has 9 heteroatoms. The fraction of sp³-hybridized carbons (Fsp3) is 0.263. The zero-order chi connectivity index (χ0) is 19.9. The molecule has 148 valence electrons. The molecule has 0 unspecified atom stereocenters. The molecule has 2 heterocycles. The van der Waals surface area contributed by atoms with Crippen LogP contribution in [0.15, 0.2) is 48.9 Å². The molecule has 0 saturated carbocycles. The van der Waals surface area contributed by atoms with Crippen molar-refractivity contribution in [2.24, 2.45) is 5.73 Å². The van der Waals surface area contributed by atoms with Gasteiger partial charge in [0.05, 0.1) is 12.4 Å². The number of hydrogen-bond acceptors (Lipinski definition) is 6. The first kappa shape index (κ1) is 19.6. The van der Waals surface area contributed by atoms with Gasteiger partial charge in [-0.15, -0.1) is 0 Å². The molecule has 3 N–H and O–H groups in total. The van der Waals surface area contributed by atoms with E-state index in [1.807, 2.05) is 4.90 Å². The number of carbonyl (C=O) groups excluding carboxylic acids is 1. The molecule has 0 aliphatic carbocycles. The SMILES string of the molecule is NCCC(=O)NCCN1C=CN(c2ccc(Oc3ccccn3)c(F)c2F)C1. The van der Waals surface area contributed by atoms with E-state index < -0.39 is 11.6 Å². The number of nitrogens with one attached hydrogen (secondary N) is 1. The van der Waals surface area contributed by atoms with Crippen LogP contribution in [0.1, 0.15) is 6.42 Å². The van der Waals surface area contributed by atoms with E-state index in [1.54, 1.807) is 35.5 Å². The molecule has 0 atom stereocenters. The number of pyridine rings is 1. The van der Waals surface area contributed by atoms with Crippen molar-refractivity contribution < 1.29 is 18.3 Å². The lowest BCUT2D eigenvalue weighted by molar-refractivity contribution is -0.120. The van der Waals surface area contributed by atoms with Crippen molar-refractivity contribution in [1.29, 1.82) is 0 Å². The minimum absolute atomic E-state index is 0.0942. The van der Waals surface area contributed by atoms with Gasteiger partial charge in [-0.1, -0.05) is 6.07 Å². The maximum atomic E-state index is 14.5. The first-order chi connectivity index (χ1) is 13.6. The van der Waals surface area contributed by atoms with Gasteiger partial charge < -0.3 is 25.6 Å². The average Bonchev–Trinajstić information content (AvgIpc) is 3.15. The number of rotatable bonds is 8. The summed E-state index contributed by atoms with van der Waals surface area (Å²) in [6.45, 7) is 1.61. The molecule has 0 radical (unpaired) electrons. The molecule has 0 bridgehead atoms. The minimum Gasteiger partial charge on any atom is -0.436 e. The van der Waals surface area contributed by atoms with Crippen LogP contribution in [0.5, 0.6) is 11.6 Å². The summed E-state index contributed by atoms with van der Waals surface area (Å²) in [5, 5.41) is 2.75. The Hall–Kier alpha value is -3.20. The molecule has 7 nitrogen and oxygen atoms in total. The molecule has 1 aromatic carbocycles. The van der Waals surface area contributed by atoms with E-state index in [0.717, 1.165) is 0 Å². The number of nitrogens with two attached hydrogens (primary N) is 1. The summed E-state index contributed by atoms with van der Waals surface area (Å²) in [5.74, 6) is -2.25. The van der Waals surface area contributed by atoms with Crippen molar-refractivity contribution in [3.63, 3.8) is 0 Å². The van der Waals surface area contributed by atoms with Crippen LogP contribution < -0.4 is 20.7 Å². The van der Waals surface area contributed by atoms with E-state index in [-0.39, 0.29) is 29.6 Å². The lowest BCUT2D eigenvalue weighted by Crippen LogP contribution is -2.35. The number of anilines is 1. The predicted molar refractivity (Wildman–Crippen MR) is 101 cm³/mol. The van der Waals surface area contributed by atoms with Crippen molar-refractivity contribution in [2.75, 3.05) is 31.2 Å². The Labute approximate surface area is 161 Å². The maximum absolute atomic E-state index is 14.5. The van der Waals surface area contributed by atoms with E-state index in [9.17, 15) is 13.6 Å². The van der Waals surface area contributed by atoms with E-state index in [1.165, 1.54) is 18.3 Å². The number of benzene rings is 1. The quantitative estimate of drug-likeness (QED) is 0.720. The van der Waals surface area contributed by atoms with Gasteiger partial charge in [0.15, 0.2) is 11.6 Å². The normalized spacial score (nSPS) is 13.1. The van der Waals surface area contributed by atoms with Crippen LogP contribution in [0.4, 0.5) is 14.5 Å². The highest BCUT2D eigenvalue weighted by Crippen LogP contribution is 2.32. The van der Waals surface area contributed by atoms with E-state index >= 15 is 0 Å². The average molecular weight is 389 g/mol. The highest BCUT2D eigenvalue weighted by atomic mass is 19.2. The molecule has 1 aromatic heterocycles. The minimum atomic E-state index is -1.08. The Kier molecular flexibility index (Phi) is 6.38. The number of aromatic nitrogens is 1. The Morgan fingerprint density at radius 1 is 1.21 bits per heavy atom. The van der Waals surface area contributed by atoms with Gasteiger partial charge in [-0.05, 0) is 18.2 Å². The Morgan fingerprint density at radius 2 is 2.07 bits per heavy atom. The zero-order valence-electron chi connectivity index (χ0n) is 15.1. The van der Waals surface area contributed by atoms with Gasteiger partial charge in [0.1, 0.15) is 0 Å². The second-order valence-corrected chi connectivity index (χ2v) is 6.09. The lowest BCUT2D eigenvalue weighted by Gasteiger charge is -2.22. The second-order valence-electron chi connectivity index (χ2n) is 6.09. The number of amides is 1. The fourth-order valence-corrected chi connectivity index (χ4v) is 2.67. The largest absolute Gasteiger partial charge is 0.436 e. The zero-order valence-corrected chi connectivity index (χ0v) is 15.1. The third-order valence-corrected chi connectivity index (χ3v) is 4.07. The fourth-order valence-electron chi connectivity index (χ4n) is 2.67. The van der Waals surface area contributed by atoms with Gasteiger partial charge in [-0.3, -0.25) is 4.79 Å². The van der Waals surface area contributed by atoms with Crippen LogP contribution in [0.3, 0.4) is 0 Å². The van der Waals surface area contributed by atoms with Crippen LogP contribution in [0.2, 0.25) is 0 Å². The van der Waals surface area contributed by atoms with Crippen LogP contribution in [-0.4, -0.2) is 42.1 Å². The molecule has 0 saturated heterocycles. The van der Waals surface area contributed by atoms with Gasteiger partial charge in [-0.25, -0.2) is 9.37 Å². The Morgan fingerprint density at radius 3 is 2.82 bits per heavy atom. The summed E-state index contributed by atoms with van der Waals surface area (Å²) in [4.78, 5) is 18.8. The van der Waals surface area contributed by atoms with E-state index in [2.05, 4.69) is 10.3 Å². The van der Waals surface area contributed by atoms with Crippen LogP contribution in [0.25, 0.3) is 0 Å². The van der Waals surface area contributed by atoms with Crippen LogP contribution in [0, 0.1) is 11.6 Å². The number of ether oxygens (including phenoxy) is 1. The van der Waals surface area contributed by atoms with E-state index in [4.69, 9.17) is 10.5 Å². The highest BCUT2D eigenvalue weighted by Gasteiger charge is 2.22. The predicted octanol–water partition coefficient (Wildman–Crippen LogP) is 2.17. The van der Waals surface area contributed by atoms with Gasteiger partial charge >= 0.3 is 0 Å². The standard InChI is InChI=1S/C19H21F2N5O2/c20-18-14(4-5-15(19(18)21)28-17-3-1-2-8-24-17)26-12-11-25(13-26)10-9-23-16(27)6-7-22/h1-5,8,11-12H,6-7,9-10,13,22H2,(H,23,27). The first-order valence-electron chi connectivity index (χ1n) is 8.81. The summed E-state index contributed by atoms with van der Waals surface area (Å²) in [6.07, 6.45) is 5.18. The van der Waals surface area contributed by atoms with Crippen molar-refractivity contribution in [3.8, 4) is 11.6 Å². The lowest BCUT2D eigenvalue weighted by atomic mass is 10.2.